The molecule has 0 atom stereocenters. The zero-order chi connectivity index (χ0) is 15.5. The molecular weight excluding hydrogens is 308 g/mol. The summed E-state index contributed by atoms with van der Waals surface area (Å²) in [7, 11) is 0. The molecule has 0 saturated carbocycles. The molecule has 0 spiro atoms. The minimum Gasteiger partial charge on any atom is -0.440 e. The van der Waals surface area contributed by atoms with Gasteiger partial charge in [-0.05, 0) is 37.5 Å². The van der Waals surface area contributed by atoms with Gasteiger partial charge in [0.15, 0.2) is 5.88 Å². The molecule has 1 aliphatic heterocycles. The molecule has 0 bridgehead atoms. The summed E-state index contributed by atoms with van der Waals surface area (Å²) in [6.45, 7) is 2.15. The van der Waals surface area contributed by atoms with E-state index in [0.717, 1.165) is 40.1 Å². The lowest BCUT2D eigenvalue weighted by atomic mass is 10.1. The van der Waals surface area contributed by atoms with E-state index in [1.807, 2.05) is 30.3 Å². The third kappa shape index (κ3) is 3.22. The second kappa shape index (κ2) is 6.42. The zero-order valence-electron chi connectivity index (χ0n) is 12.7. The number of nitrogens with zero attached hydrogens (tertiary/aromatic N) is 3. The maximum atomic E-state index is 5.84. The molecule has 5 nitrogen and oxygen atoms in total. The molecule has 1 aliphatic rings. The Morgan fingerprint density at radius 3 is 2.87 bits per heavy atom. The van der Waals surface area contributed by atoms with Crippen molar-refractivity contribution in [2.75, 3.05) is 23.4 Å². The molecule has 0 radical (unpaired) electrons. The molecule has 6 heteroatoms. The molecule has 1 aromatic carbocycles. The SMILES string of the molecule is C(=N/Nc1nc2ccccc2s1)/c1ccc(N2CCCCC2)o1. The highest BCUT2D eigenvalue weighted by atomic mass is 32.1. The van der Waals surface area contributed by atoms with Crippen molar-refractivity contribution < 1.29 is 4.42 Å². The number of hydrogen-bond donors (Lipinski definition) is 1. The van der Waals surface area contributed by atoms with Gasteiger partial charge in [0.2, 0.25) is 5.13 Å². The Kier molecular flexibility index (Phi) is 3.98. The van der Waals surface area contributed by atoms with Crippen molar-refractivity contribution in [1.29, 1.82) is 0 Å². The fourth-order valence-electron chi connectivity index (χ4n) is 2.77. The van der Waals surface area contributed by atoms with Gasteiger partial charge in [0.05, 0.1) is 16.4 Å². The summed E-state index contributed by atoms with van der Waals surface area (Å²) in [6.07, 6.45) is 5.49. The van der Waals surface area contributed by atoms with Crippen LogP contribution in [0.5, 0.6) is 0 Å². The van der Waals surface area contributed by atoms with E-state index in [1.165, 1.54) is 19.3 Å². The van der Waals surface area contributed by atoms with Crippen molar-refractivity contribution >= 4 is 38.8 Å². The largest absolute Gasteiger partial charge is 0.440 e. The number of aromatic nitrogens is 1. The molecular formula is C17H18N4OS. The quantitative estimate of drug-likeness (QED) is 0.573. The number of anilines is 2. The van der Waals surface area contributed by atoms with Crippen LogP contribution in [0.4, 0.5) is 11.0 Å². The number of hydrazone groups is 1. The second-order valence-electron chi connectivity index (χ2n) is 5.58. The molecule has 1 fully saturated rings. The van der Waals surface area contributed by atoms with Gasteiger partial charge >= 0.3 is 0 Å². The lowest BCUT2D eigenvalue weighted by molar-refractivity contribution is 0.497. The molecule has 3 aromatic rings. The number of hydrogen-bond acceptors (Lipinski definition) is 6. The van der Waals surface area contributed by atoms with Crippen molar-refractivity contribution in [3.63, 3.8) is 0 Å². The van der Waals surface area contributed by atoms with Crippen LogP contribution in [0.3, 0.4) is 0 Å². The number of benzene rings is 1. The van der Waals surface area contributed by atoms with Crippen molar-refractivity contribution in [1.82, 2.24) is 4.98 Å². The molecule has 0 aliphatic carbocycles. The number of fused-ring (bicyclic) bond motifs is 1. The summed E-state index contributed by atoms with van der Waals surface area (Å²) in [4.78, 5) is 6.77. The van der Waals surface area contributed by atoms with Crippen LogP contribution in [0.2, 0.25) is 0 Å². The van der Waals surface area contributed by atoms with Gasteiger partial charge in [-0.3, -0.25) is 5.43 Å². The maximum Gasteiger partial charge on any atom is 0.204 e. The lowest BCUT2D eigenvalue weighted by Crippen LogP contribution is -2.28. The van der Waals surface area contributed by atoms with E-state index < -0.39 is 0 Å². The maximum absolute atomic E-state index is 5.84. The average molecular weight is 326 g/mol. The highest BCUT2D eigenvalue weighted by Crippen LogP contribution is 2.25. The zero-order valence-corrected chi connectivity index (χ0v) is 13.6. The first-order valence-electron chi connectivity index (χ1n) is 7.88. The smallest absolute Gasteiger partial charge is 0.204 e. The van der Waals surface area contributed by atoms with Crippen molar-refractivity contribution in [2.24, 2.45) is 5.10 Å². The molecule has 2 aromatic heterocycles. The molecule has 0 amide bonds. The first kappa shape index (κ1) is 14.3. The first-order chi connectivity index (χ1) is 11.4. The van der Waals surface area contributed by atoms with E-state index in [9.17, 15) is 0 Å². The van der Waals surface area contributed by atoms with Crippen LogP contribution in [-0.4, -0.2) is 24.3 Å². The fourth-order valence-corrected chi connectivity index (χ4v) is 3.58. The van der Waals surface area contributed by atoms with Crippen LogP contribution in [0.1, 0.15) is 25.0 Å². The Bertz CT molecular complexity index is 784. The Balaban J connectivity index is 1.41. The van der Waals surface area contributed by atoms with Gasteiger partial charge in [0.25, 0.3) is 0 Å². The fraction of sp³-hybridized carbons (Fsp3) is 0.294. The summed E-state index contributed by atoms with van der Waals surface area (Å²) in [6, 6.07) is 12.0. The highest BCUT2D eigenvalue weighted by molar-refractivity contribution is 7.22. The van der Waals surface area contributed by atoms with Gasteiger partial charge in [-0.15, -0.1) is 0 Å². The average Bonchev–Trinajstić information content (AvgIpc) is 3.22. The van der Waals surface area contributed by atoms with Crippen molar-refractivity contribution in [3.05, 3.63) is 42.2 Å². The van der Waals surface area contributed by atoms with Gasteiger partial charge in [-0.1, -0.05) is 23.5 Å². The Morgan fingerprint density at radius 2 is 2.00 bits per heavy atom. The van der Waals surface area contributed by atoms with Crippen molar-refractivity contribution in [2.45, 2.75) is 19.3 Å². The van der Waals surface area contributed by atoms with E-state index in [0.29, 0.717) is 0 Å². The monoisotopic (exact) mass is 326 g/mol. The number of thiazole rings is 1. The van der Waals surface area contributed by atoms with Gasteiger partial charge in [0, 0.05) is 19.2 Å². The lowest BCUT2D eigenvalue weighted by Gasteiger charge is -2.25. The normalized spacial score (nSPS) is 15.6. The minimum atomic E-state index is 0.749. The van der Waals surface area contributed by atoms with Gasteiger partial charge < -0.3 is 9.32 Å². The molecule has 1 saturated heterocycles. The van der Waals surface area contributed by atoms with Gasteiger partial charge in [-0.25, -0.2) is 4.98 Å². The van der Waals surface area contributed by atoms with E-state index in [1.54, 1.807) is 17.6 Å². The summed E-state index contributed by atoms with van der Waals surface area (Å²) < 4.78 is 6.99. The van der Waals surface area contributed by atoms with Crippen LogP contribution in [-0.2, 0) is 0 Å². The third-order valence-corrected chi connectivity index (χ3v) is 4.87. The summed E-state index contributed by atoms with van der Waals surface area (Å²) in [5.74, 6) is 1.69. The molecule has 3 heterocycles. The van der Waals surface area contributed by atoms with Crippen molar-refractivity contribution in [3.8, 4) is 0 Å². The minimum absolute atomic E-state index is 0.749. The molecule has 0 unspecified atom stereocenters. The number of rotatable bonds is 4. The molecule has 1 N–H and O–H groups in total. The molecule has 4 rings (SSSR count). The summed E-state index contributed by atoms with van der Waals surface area (Å²) in [5.41, 5.74) is 3.96. The third-order valence-electron chi connectivity index (χ3n) is 3.93. The second-order valence-corrected chi connectivity index (χ2v) is 6.61. The number of nitrogens with one attached hydrogen (secondary N) is 1. The number of furan rings is 1. The van der Waals surface area contributed by atoms with Crippen LogP contribution < -0.4 is 10.3 Å². The van der Waals surface area contributed by atoms with Crippen LogP contribution in [0.25, 0.3) is 10.2 Å². The van der Waals surface area contributed by atoms with E-state index in [4.69, 9.17) is 4.42 Å². The predicted molar refractivity (Wildman–Crippen MR) is 95.6 cm³/mol. The number of para-hydroxylation sites is 1. The van der Waals surface area contributed by atoms with E-state index >= 15 is 0 Å². The molecule has 23 heavy (non-hydrogen) atoms. The predicted octanol–water partition coefficient (Wildman–Crippen LogP) is 4.33. The van der Waals surface area contributed by atoms with Gasteiger partial charge in [0.1, 0.15) is 5.76 Å². The topological polar surface area (TPSA) is 53.7 Å². The first-order valence-corrected chi connectivity index (χ1v) is 8.69. The van der Waals surface area contributed by atoms with Crippen LogP contribution in [0, 0.1) is 0 Å². The molecule has 118 valence electrons. The Hall–Kier alpha value is -2.34. The summed E-state index contributed by atoms with van der Waals surface area (Å²) >= 11 is 1.59. The number of piperidine rings is 1. The Labute approximate surface area is 138 Å². The van der Waals surface area contributed by atoms with E-state index in [2.05, 4.69) is 26.5 Å². The van der Waals surface area contributed by atoms with Crippen LogP contribution >= 0.6 is 11.3 Å². The van der Waals surface area contributed by atoms with Gasteiger partial charge in [-0.2, -0.15) is 5.10 Å². The standard InChI is InChI=1S/C17H18N4OS/c1-4-10-21(11-5-1)16-9-8-13(22-16)12-18-20-17-19-14-6-2-3-7-15(14)23-17/h2-3,6-9,12H,1,4-5,10-11H2,(H,19,20)/b18-12-. The summed E-state index contributed by atoms with van der Waals surface area (Å²) in [5, 5.41) is 5.01. The Morgan fingerprint density at radius 1 is 1.13 bits per heavy atom. The van der Waals surface area contributed by atoms with E-state index in [-0.39, 0.29) is 0 Å². The van der Waals surface area contributed by atoms with Crippen LogP contribution in [0.15, 0.2) is 45.9 Å². The highest BCUT2D eigenvalue weighted by Gasteiger charge is 2.13.